The highest BCUT2D eigenvalue weighted by molar-refractivity contribution is 5.23. The first-order chi connectivity index (χ1) is 7.36. The van der Waals surface area contributed by atoms with Gasteiger partial charge in [-0.1, -0.05) is 0 Å². The second-order valence-corrected chi connectivity index (χ2v) is 4.43. The average Bonchev–Trinajstić information content (AvgIpc) is 2.84. The van der Waals surface area contributed by atoms with Crippen LogP contribution in [0.25, 0.3) is 0 Å². The Labute approximate surface area is 88.2 Å². The molecular formula is C11H16N2O2. The van der Waals surface area contributed by atoms with E-state index in [1.54, 1.807) is 0 Å². The Kier molecular flexibility index (Phi) is 2.16. The van der Waals surface area contributed by atoms with Crippen LogP contribution in [0.3, 0.4) is 0 Å². The van der Waals surface area contributed by atoms with Gasteiger partial charge >= 0.3 is 0 Å². The van der Waals surface area contributed by atoms with Crippen molar-refractivity contribution in [2.24, 2.45) is 0 Å². The van der Waals surface area contributed by atoms with Gasteiger partial charge in [0, 0.05) is 24.5 Å². The van der Waals surface area contributed by atoms with Crippen molar-refractivity contribution in [2.75, 3.05) is 13.2 Å². The van der Waals surface area contributed by atoms with E-state index in [9.17, 15) is 4.79 Å². The van der Waals surface area contributed by atoms with Gasteiger partial charge in [0.05, 0.1) is 6.04 Å². The molecule has 0 amide bonds. The molecule has 15 heavy (non-hydrogen) atoms. The summed E-state index contributed by atoms with van der Waals surface area (Å²) in [6.07, 6.45) is 5.21. The molecule has 3 rings (SSSR count). The van der Waals surface area contributed by atoms with Crippen molar-refractivity contribution in [1.29, 1.82) is 0 Å². The first kappa shape index (κ1) is 9.21. The maximum absolute atomic E-state index is 11.7. The van der Waals surface area contributed by atoms with Gasteiger partial charge in [-0.25, -0.2) is 0 Å². The molecule has 0 spiro atoms. The van der Waals surface area contributed by atoms with Crippen LogP contribution in [0.1, 0.15) is 36.6 Å². The number of rotatable bonds is 1. The molecule has 0 aromatic carbocycles. The number of hydrogen-bond acceptors (Lipinski definition) is 2. The second-order valence-electron chi connectivity index (χ2n) is 4.43. The van der Waals surface area contributed by atoms with Crippen LogP contribution in [0.2, 0.25) is 0 Å². The van der Waals surface area contributed by atoms with E-state index < -0.39 is 0 Å². The number of aromatic amines is 1. The molecule has 1 aliphatic heterocycles. The Morgan fingerprint density at radius 2 is 2.07 bits per heavy atom. The lowest BCUT2D eigenvalue weighted by Gasteiger charge is -2.24. The first-order valence-corrected chi connectivity index (χ1v) is 5.76. The molecule has 0 unspecified atom stereocenters. The molecule has 0 saturated carbocycles. The number of fused-ring (bicyclic) bond motifs is 1. The normalized spacial score (nSPS) is 21.9. The van der Waals surface area contributed by atoms with Gasteiger partial charge in [-0.3, -0.25) is 14.6 Å². The van der Waals surface area contributed by atoms with E-state index in [0.717, 1.165) is 50.9 Å². The van der Waals surface area contributed by atoms with E-state index in [1.807, 2.05) is 0 Å². The highest BCUT2D eigenvalue weighted by atomic mass is 16.5. The number of nitrogens with one attached hydrogen (secondary N) is 1. The molecule has 1 fully saturated rings. The monoisotopic (exact) mass is 208 g/mol. The van der Waals surface area contributed by atoms with E-state index >= 15 is 0 Å². The zero-order chi connectivity index (χ0) is 10.3. The number of H-pyrrole nitrogens is 1. The van der Waals surface area contributed by atoms with Crippen LogP contribution in [0.5, 0.6) is 0 Å². The summed E-state index contributed by atoms with van der Waals surface area (Å²) in [6, 6.07) is 0.452. The number of aromatic nitrogens is 2. The van der Waals surface area contributed by atoms with Gasteiger partial charge in [0.15, 0.2) is 0 Å². The summed E-state index contributed by atoms with van der Waals surface area (Å²) in [5.74, 6) is 0. The summed E-state index contributed by atoms with van der Waals surface area (Å²) >= 11 is 0. The zero-order valence-electron chi connectivity index (χ0n) is 8.79. The van der Waals surface area contributed by atoms with E-state index in [-0.39, 0.29) is 5.56 Å². The van der Waals surface area contributed by atoms with Crippen molar-refractivity contribution in [1.82, 2.24) is 9.78 Å². The van der Waals surface area contributed by atoms with Crippen molar-refractivity contribution >= 4 is 0 Å². The summed E-state index contributed by atoms with van der Waals surface area (Å²) in [5, 5.41) is 2.99. The fourth-order valence-electron chi connectivity index (χ4n) is 2.74. The number of hydrogen-bond donors (Lipinski definition) is 1. The standard InChI is InChI=1S/C11H16N2O2/c14-11-9-2-1-3-10(9)13(12-11)8-4-6-15-7-5-8/h8H,1-7H2,(H,12,14). The lowest BCUT2D eigenvalue weighted by atomic mass is 10.1. The molecule has 2 heterocycles. The molecule has 0 bridgehead atoms. The van der Waals surface area contributed by atoms with Crippen LogP contribution in [0.4, 0.5) is 0 Å². The molecule has 2 aliphatic rings. The molecule has 0 atom stereocenters. The molecule has 1 N–H and O–H groups in total. The van der Waals surface area contributed by atoms with Gasteiger partial charge in [-0.15, -0.1) is 0 Å². The fourth-order valence-corrected chi connectivity index (χ4v) is 2.74. The fraction of sp³-hybridized carbons (Fsp3) is 0.727. The van der Waals surface area contributed by atoms with Crippen molar-refractivity contribution in [3.05, 3.63) is 21.6 Å². The van der Waals surface area contributed by atoms with E-state index in [1.165, 1.54) is 5.69 Å². The van der Waals surface area contributed by atoms with E-state index in [0.29, 0.717) is 6.04 Å². The van der Waals surface area contributed by atoms with Crippen LogP contribution in [0, 0.1) is 0 Å². The Bertz CT molecular complexity index is 413. The smallest absolute Gasteiger partial charge is 0.267 e. The zero-order valence-corrected chi connectivity index (χ0v) is 8.79. The maximum Gasteiger partial charge on any atom is 0.267 e. The van der Waals surface area contributed by atoms with Gasteiger partial charge in [-0.05, 0) is 32.1 Å². The van der Waals surface area contributed by atoms with Gasteiger partial charge in [-0.2, -0.15) is 0 Å². The molecule has 1 aromatic rings. The van der Waals surface area contributed by atoms with Crippen LogP contribution < -0.4 is 5.56 Å². The number of nitrogens with zero attached hydrogens (tertiary/aromatic N) is 1. The summed E-state index contributed by atoms with van der Waals surface area (Å²) in [7, 11) is 0. The van der Waals surface area contributed by atoms with Gasteiger partial charge in [0.2, 0.25) is 0 Å². The van der Waals surface area contributed by atoms with Crippen LogP contribution in [-0.2, 0) is 17.6 Å². The average molecular weight is 208 g/mol. The lowest BCUT2D eigenvalue weighted by molar-refractivity contribution is 0.0653. The van der Waals surface area contributed by atoms with E-state index in [4.69, 9.17) is 4.74 Å². The van der Waals surface area contributed by atoms with Crippen molar-refractivity contribution in [2.45, 2.75) is 38.1 Å². The van der Waals surface area contributed by atoms with Crippen molar-refractivity contribution in [3.63, 3.8) is 0 Å². The maximum atomic E-state index is 11.7. The Balaban J connectivity index is 1.97. The first-order valence-electron chi connectivity index (χ1n) is 5.76. The molecule has 1 aromatic heterocycles. The van der Waals surface area contributed by atoms with Crippen molar-refractivity contribution in [3.8, 4) is 0 Å². The topological polar surface area (TPSA) is 47.0 Å². The third kappa shape index (κ3) is 1.44. The Morgan fingerprint density at radius 3 is 2.87 bits per heavy atom. The summed E-state index contributed by atoms with van der Waals surface area (Å²) in [5.41, 5.74) is 2.42. The van der Waals surface area contributed by atoms with E-state index in [2.05, 4.69) is 9.78 Å². The lowest BCUT2D eigenvalue weighted by Crippen LogP contribution is -2.23. The summed E-state index contributed by atoms with van der Waals surface area (Å²) < 4.78 is 7.46. The molecular weight excluding hydrogens is 192 g/mol. The van der Waals surface area contributed by atoms with Crippen LogP contribution in [-0.4, -0.2) is 23.0 Å². The van der Waals surface area contributed by atoms with Crippen molar-refractivity contribution < 1.29 is 4.74 Å². The highest BCUT2D eigenvalue weighted by Gasteiger charge is 2.25. The molecule has 82 valence electrons. The molecule has 1 saturated heterocycles. The quantitative estimate of drug-likeness (QED) is 0.749. The molecule has 1 aliphatic carbocycles. The summed E-state index contributed by atoms with van der Waals surface area (Å²) in [4.78, 5) is 11.7. The SMILES string of the molecule is O=c1[nH]n(C2CCOCC2)c2c1CCC2. The Hall–Kier alpha value is -1.03. The largest absolute Gasteiger partial charge is 0.381 e. The second kappa shape index (κ2) is 3.52. The Morgan fingerprint density at radius 1 is 1.27 bits per heavy atom. The van der Waals surface area contributed by atoms with Crippen LogP contribution >= 0.6 is 0 Å². The molecule has 4 heteroatoms. The predicted molar refractivity (Wildman–Crippen MR) is 56.2 cm³/mol. The predicted octanol–water partition coefficient (Wildman–Crippen LogP) is 1.02. The summed E-state index contributed by atoms with van der Waals surface area (Å²) in [6.45, 7) is 1.64. The molecule has 4 nitrogen and oxygen atoms in total. The third-order valence-electron chi connectivity index (χ3n) is 3.53. The minimum absolute atomic E-state index is 0.133. The highest BCUT2D eigenvalue weighted by Crippen LogP contribution is 2.26. The van der Waals surface area contributed by atoms with Gasteiger partial charge in [0.25, 0.3) is 5.56 Å². The minimum atomic E-state index is 0.133. The molecule has 0 radical (unpaired) electrons. The van der Waals surface area contributed by atoms with Crippen LogP contribution in [0.15, 0.2) is 4.79 Å². The number of ether oxygens (including phenoxy) is 1. The third-order valence-corrected chi connectivity index (χ3v) is 3.53. The van der Waals surface area contributed by atoms with Gasteiger partial charge < -0.3 is 4.74 Å². The minimum Gasteiger partial charge on any atom is -0.381 e. The van der Waals surface area contributed by atoms with Gasteiger partial charge in [0.1, 0.15) is 0 Å².